The van der Waals surface area contributed by atoms with E-state index in [4.69, 9.17) is 4.74 Å². The van der Waals surface area contributed by atoms with E-state index in [0.29, 0.717) is 17.4 Å². The predicted molar refractivity (Wildman–Crippen MR) is 49.3 cm³/mol. The minimum atomic E-state index is -0.0781. The van der Waals surface area contributed by atoms with Crippen molar-refractivity contribution in [3.05, 3.63) is 9.88 Å². The second-order valence-corrected chi connectivity index (χ2v) is 4.26. The van der Waals surface area contributed by atoms with E-state index in [9.17, 15) is 4.79 Å². The molecule has 4 nitrogen and oxygen atoms in total. The maximum absolute atomic E-state index is 11.5. The molecule has 0 aromatic carbocycles. The van der Waals surface area contributed by atoms with E-state index in [1.54, 1.807) is 0 Å². The van der Waals surface area contributed by atoms with E-state index in [2.05, 4.69) is 10.3 Å². The number of ether oxygens (including phenoxy) is 1. The summed E-state index contributed by atoms with van der Waals surface area (Å²) in [7, 11) is 0. The summed E-state index contributed by atoms with van der Waals surface area (Å²) in [6, 6.07) is 0.0502. The molecule has 1 aromatic heterocycles. The van der Waals surface area contributed by atoms with Crippen LogP contribution in [0.1, 0.15) is 21.6 Å². The molecule has 1 atom stereocenters. The Labute approximate surface area is 79.9 Å². The van der Waals surface area contributed by atoms with E-state index >= 15 is 0 Å². The number of aromatic nitrogens is 1. The van der Waals surface area contributed by atoms with Gasteiger partial charge < -0.3 is 10.1 Å². The van der Waals surface area contributed by atoms with E-state index in [0.717, 1.165) is 5.01 Å². The number of hydrogen-bond acceptors (Lipinski definition) is 4. The molecule has 1 aromatic rings. The van der Waals surface area contributed by atoms with Gasteiger partial charge in [-0.2, -0.15) is 0 Å². The van der Waals surface area contributed by atoms with Crippen molar-refractivity contribution in [3.8, 4) is 5.88 Å². The lowest BCUT2D eigenvalue weighted by Gasteiger charge is -2.07. The molecule has 0 fully saturated rings. The highest BCUT2D eigenvalue weighted by molar-refractivity contribution is 7.13. The molecule has 2 heterocycles. The Morgan fingerprint density at radius 1 is 1.69 bits per heavy atom. The number of hydrogen-bond donors (Lipinski definition) is 1. The Morgan fingerprint density at radius 2 is 2.46 bits per heavy atom. The van der Waals surface area contributed by atoms with Crippen LogP contribution in [-0.4, -0.2) is 23.5 Å². The second kappa shape index (κ2) is 2.99. The molecule has 0 aliphatic carbocycles. The third-order valence-corrected chi connectivity index (χ3v) is 2.71. The van der Waals surface area contributed by atoms with Gasteiger partial charge in [0.25, 0.3) is 5.91 Å². The summed E-state index contributed by atoms with van der Waals surface area (Å²) in [5.74, 6) is 0.398. The van der Waals surface area contributed by atoms with Crippen molar-refractivity contribution < 1.29 is 9.53 Å². The molecule has 0 saturated carbocycles. The maximum atomic E-state index is 11.5. The molecule has 0 radical (unpaired) electrons. The lowest BCUT2D eigenvalue weighted by molar-refractivity contribution is 0.0946. The van der Waals surface area contributed by atoms with E-state index in [-0.39, 0.29) is 11.9 Å². The van der Waals surface area contributed by atoms with Crippen molar-refractivity contribution in [2.75, 3.05) is 6.61 Å². The largest absolute Gasteiger partial charge is 0.474 e. The van der Waals surface area contributed by atoms with Crippen LogP contribution in [0.25, 0.3) is 0 Å². The van der Waals surface area contributed by atoms with Gasteiger partial charge in [-0.25, -0.2) is 4.98 Å². The summed E-state index contributed by atoms with van der Waals surface area (Å²) < 4.78 is 5.37. The van der Waals surface area contributed by atoms with E-state index in [1.165, 1.54) is 11.3 Å². The molecule has 1 aliphatic heterocycles. The first kappa shape index (κ1) is 8.50. The topological polar surface area (TPSA) is 51.2 Å². The Morgan fingerprint density at radius 3 is 3.23 bits per heavy atom. The van der Waals surface area contributed by atoms with Gasteiger partial charge >= 0.3 is 0 Å². The highest BCUT2D eigenvalue weighted by Crippen LogP contribution is 2.26. The number of aryl methyl sites for hydroxylation is 1. The fraction of sp³-hybridized carbons (Fsp3) is 0.500. The molecule has 1 aliphatic rings. The van der Waals surface area contributed by atoms with Gasteiger partial charge in [-0.3, -0.25) is 4.79 Å². The molecule has 1 unspecified atom stereocenters. The minimum absolute atomic E-state index is 0.0502. The van der Waals surface area contributed by atoms with Crippen LogP contribution in [-0.2, 0) is 0 Å². The lowest BCUT2D eigenvalue weighted by atomic mass is 10.3. The molecule has 13 heavy (non-hydrogen) atoms. The highest BCUT2D eigenvalue weighted by atomic mass is 32.1. The fourth-order valence-electron chi connectivity index (χ4n) is 1.18. The van der Waals surface area contributed by atoms with Gasteiger partial charge in [0.1, 0.15) is 6.61 Å². The smallest absolute Gasteiger partial charge is 0.267 e. The average Bonchev–Trinajstić information content (AvgIpc) is 2.38. The number of nitrogens with one attached hydrogen (secondary N) is 1. The first-order chi connectivity index (χ1) is 6.16. The molecule has 70 valence electrons. The Bertz CT molecular complexity index is 348. The van der Waals surface area contributed by atoms with E-state index < -0.39 is 0 Å². The number of amides is 1. The van der Waals surface area contributed by atoms with Crippen LogP contribution >= 0.6 is 11.3 Å². The molecule has 0 saturated heterocycles. The number of nitrogens with zero attached hydrogens (tertiary/aromatic N) is 1. The molecule has 2 rings (SSSR count). The average molecular weight is 198 g/mol. The van der Waals surface area contributed by atoms with Gasteiger partial charge in [0.05, 0.1) is 11.0 Å². The van der Waals surface area contributed by atoms with Crippen LogP contribution < -0.4 is 10.1 Å². The third kappa shape index (κ3) is 1.51. The van der Waals surface area contributed by atoms with Crippen LogP contribution in [0.5, 0.6) is 5.88 Å². The number of fused-ring (bicyclic) bond motifs is 1. The molecular weight excluding hydrogens is 188 g/mol. The van der Waals surface area contributed by atoms with Gasteiger partial charge in [0, 0.05) is 0 Å². The normalized spacial score (nSPS) is 21.4. The van der Waals surface area contributed by atoms with Crippen molar-refractivity contribution in [1.82, 2.24) is 10.3 Å². The standard InChI is InChI=1S/C8H10N2O2S/c1-4-3-12-8-6(7(11)9-4)13-5(2)10-8/h4H,3H2,1-2H3,(H,9,11). The SMILES string of the molecule is Cc1nc2c(s1)C(=O)NC(C)CO2. The molecule has 0 spiro atoms. The number of carbonyl (C=O) groups excluding carboxylic acids is 1. The number of carbonyl (C=O) groups is 1. The zero-order chi connectivity index (χ0) is 9.42. The van der Waals surface area contributed by atoms with Crippen LogP contribution in [0.15, 0.2) is 0 Å². The van der Waals surface area contributed by atoms with Crippen LogP contribution in [0.3, 0.4) is 0 Å². The Kier molecular flexibility index (Phi) is 1.95. The van der Waals surface area contributed by atoms with Crippen molar-refractivity contribution in [1.29, 1.82) is 0 Å². The second-order valence-electron chi connectivity index (χ2n) is 3.05. The van der Waals surface area contributed by atoms with Crippen molar-refractivity contribution in [2.24, 2.45) is 0 Å². The third-order valence-electron chi connectivity index (χ3n) is 1.76. The Balaban J connectivity index is 2.39. The summed E-state index contributed by atoms with van der Waals surface area (Å²) in [5, 5.41) is 3.67. The lowest BCUT2D eigenvalue weighted by Crippen LogP contribution is -2.33. The van der Waals surface area contributed by atoms with Crippen molar-refractivity contribution in [2.45, 2.75) is 19.9 Å². The first-order valence-corrected chi connectivity index (χ1v) is 4.89. The molecule has 1 N–H and O–H groups in total. The molecule has 1 amide bonds. The number of thiazole rings is 1. The monoisotopic (exact) mass is 198 g/mol. The zero-order valence-electron chi connectivity index (χ0n) is 7.46. The summed E-state index contributed by atoms with van der Waals surface area (Å²) >= 11 is 1.37. The van der Waals surface area contributed by atoms with Crippen LogP contribution in [0, 0.1) is 6.92 Å². The summed E-state index contributed by atoms with van der Waals surface area (Å²) in [6.45, 7) is 4.25. The number of rotatable bonds is 0. The fourth-order valence-corrected chi connectivity index (χ4v) is 1.95. The molecular formula is C8H10N2O2S. The van der Waals surface area contributed by atoms with Gasteiger partial charge in [0.2, 0.25) is 5.88 Å². The molecule has 5 heteroatoms. The van der Waals surface area contributed by atoms with E-state index in [1.807, 2.05) is 13.8 Å². The van der Waals surface area contributed by atoms with Gasteiger partial charge in [0.15, 0.2) is 4.88 Å². The molecule has 0 bridgehead atoms. The minimum Gasteiger partial charge on any atom is -0.474 e. The van der Waals surface area contributed by atoms with Crippen molar-refractivity contribution >= 4 is 17.2 Å². The van der Waals surface area contributed by atoms with Gasteiger partial charge in [-0.05, 0) is 13.8 Å². The summed E-state index contributed by atoms with van der Waals surface area (Å²) in [4.78, 5) is 16.2. The predicted octanol–water partition coefficient (Wildman–Crippen LogP) is 0.962. The van der Waals surface area contributed by atoms with Crippen LogP contribution in [0.2, 0.25) is 0 Å². The summed E-state index contributed by atoms with van der Waals surface area (Å²) in [6.07, 6.45) is 0. The summed E-state index contributed by atoms with van der Waals surface area (Å²) in [5.41, 5.74) is 0. The Hall–Kier alpha value is -1.10. The maximum Gasteiger partial charge on any atom is 0.267 e. The quantitative estimate of drug-likeness (QED) is 0.675. The highest BCUT2D eigenvalue weighted by Gasteiger charge is 2.23. The van der Waals surface area contributed by atoms with Gasteiger partial charge in [-0.1, -0.05) is 0 Å². The van der Waals surface area contributed by atoms with Crippen LogP contribution in [0.4, 0.5) is 0 Å². The van der Waals surface area contributed by atoms with Gasteiger partial charge in [-0.15, -0.1) is 11.3 Å². The van der Waals surface area contributed by atoms with Crippen molar-refractivity contribution in [3.63, 3.8) is 0 Å². The first-order valence-electron chi connectivity index (χ1n) is 4.08. The zero-order valence-corrected chi connectivity index (χ0v) is 8.27.